The molecule has 1 fully saturated rings. The topological polar surface area (TPSA) is 86.8 Å². The van der Waals surface area contributed by atoms with E-state index in [0.717, 1.165) is 41.8 Å². The van der Waals surface area contributed by atoms with Crippen LogP contribution in [0.25, 0.3) is 0 Å². The second kappa shape index (κ2) is 12.9. The molecule has 0 spiro atoms. The number of benzene rings is 2. The Morgan fingerprint density at radius 1 is 1.06 bits per heavy atom. The van der Waals surface area contributed by atoms with Crippen molar-refractivity contribution in [2.45, 2.75) is 70.5 Å². The molecule has 0 bridgehead atoms. The highest BCUT2D eigenvalue weighted by Gasteiger charge is 2.30. The lowest BCUT2D eigenvalue weighted by Crippen LogP contribution is -2.51. The minimum atomic E-state index is -3.75. The van der Waals surface area contributed by atoms with E-state index in [1.165, 1.54) is 18.2 Å². The normalized spacial score (nSPS) is 14.9. The Balaban J connectivity index is 1.74. The summed E-state index contributed by atoms with van der Waals surface area (Å²) in [6, 6.07) is 14.7. The maximum Gasteiger partial charge on any atom is 0.243 e. The number of sulfonamides is 1. The molecule has 7 nitrogen and oxygen atoms in total. The fourth-order valence-electron chi connectivity index (χ4n) is 4.70. The Labute approximate surface area is 213 Å². The van der Waals surface area contributed by atoms with Crippen molar-refractivity contribution in [2.24, 2.45) is 0 Å². The third kappa shape index (κ3) is 7.53. The highest BCUT2D eigenvalue weighted by molar-refractivity contribution is 7.92. The summed E-state index contributed by atoms with van der Waals surface area (Å²) < 4.78 is 40.0. The van der Waals surface area contributed by atoms with Gasteiger partial charge in [0.2, 0.25) is 21.8 Å². The molecular formula is C27H36FN3O4S. The highest BCUT2D eigenvalue weighted by atomic mass is 32.2. The first kappa shape index (κ1) is 27.6. The van der Waals surface area contributed by atoms with Gasteiger partial charge in [0.05, 0.1) is 11.9 Å². The molecule has 1 aliphatic carbocycles. The van der Waals surface area contributed by atoms with Crippen LogP contribution in [0.2, 0.25) is 0 Å². The summed E-state index contributed by atoms with van der Waals surface area (Å²) >= 11 is 0. The lowest BCUT2D eigenvalue weighted by atomic mass is 10.1. The number of nitrogens with zero attached hydrogens (tertiary/aromatic N) is 2. The molecular weight excluding hydrogens is 481 g/mol. The fourth-order valence-corrected chi connectivity index (χ4v) is 5.67. The van der Waals surface area contributed by atoms with Gasteiger partial charge in [-0.2, -0.15) is 0 Å². The van der Waals surface area contributed by atoms with Gasteiger partial charge >= 0.3 is 0 Å². The van der Waals surface area contributed by atoms with Crippen LogP contribution in [0.4, 0.5) is 10.1 Å². The van der Waals surface area contributed by atoms with Gasteiger partial charge in [-0.05, 0) is 43.4 Å². The van der Waals surface area contributed by atoms with Crippen molar-refractivity contribution in [3.63, 3.8) is 0 Å². The Morgan fingerprint density at radius 2 is 1.69 bits per heavy atom. The number of carbonyl (C=O) groups is 2. The fraction of sp³-hybridized carbons (Fsp3) is 0.481. The monoisotopic (exact) mass is 517 g/mol. The van der Waals surface area contributed by atoms with Crippen LogP contribution in [0.1, 0.15) is 57.4 Å². The molecule has 0 heterocycles. The summed E-state index contributed by atoms with van der Waals surface area (Å²) in [6.45, 7) is 2.11. The molecule has 0 saturated heterocycles. The van der Waals surface area contributed by atoms with Crippen LogP contribution < -0.4 is 9.62 Å². The van der Waals surface area contributed by atoms with E-state index in [1.54, 1.807) is 11.0 Å². The van der Waals surface area contributed by atoms with Gasteiger partial charge in [0, 0.05) is 25.6 Å². The van der Waals surface area contributed by atoms with E-state index in [2.05, 4.69) is 5.32 Å². The Kier molecular flexibility index (Phi) is 9.87. The molecule has 0 unspecified atom stereocenters. The van der Waals surface area contributed by atoms with Crippen LogP contribution in [0, 0.1) is 5.82 Å². The van der Waals surface area contributed by atoms with Crippen LogP contribution in [-0.4, -0.2) is 50.0 Å². The zero-order valence-corrected chi connectivity index (χ0v) is 21.8. The smallest absolute Gasteiger partial charge is 0.243 e. The SMILES string of the molecule is CC[C@@H](C(=O)NC1CCCC1)N(Cc1ccccc1)C(=O)CCCN(c1ccccc1F)S(C)(=O)=O. The number of para-hydroxylation sites is 1. The van der Waals surface area contributed by atoms with Gasteiger partial charge in [-0.25, -0.2) is 12.8 Å². The van der Waals surface area contributed by atoms with E-state index in [9.17, 15) is 22.4 Å². The molecule has 0 aromatic heterocycles. The summed E-state index contributed by atoms with van der Waals surface area (Å²) in [5.74, 6) is -1.04. The summed E-state index contributed by atoms with van der Waals surface area (Å²) in [7, 11) is -3.75. The van der Waals surface area contributed by atoms with Gasteiger partial charge in [0.1, 0.15) is 11.9 Å². The zero-order valence-electron chi connectivity index (χ0n) is 21.0. The first-order chi connectivity index (χ1) is 17.2. The van der Waals surface area contributed by atoms with Crippen LogP contribution in [0.15, 0.2) is 54.6 Å². The van der Waals surface area contributed by atoms with Gasteiger partial charge in [-0.3, -0.25) is 13.9 Å². The summed E-state index contributed by atoms with van der Waals surface area (Å²) in [5, 5.41) is 3.11. The molecule has 1 saturated carbocycles. The van der Waals surface area contributed by atoms with Crippen molar-refractivity contribution in [3.8, 4) is 0 Å². The maximum atomic E-state index is 14.3. The number of hydrogen-bond donors (Lipinski definition) is 1. The van der Waals surface area contributed by atoms with E-state index >= 15 is 0 Å². The van der Waals surface area contributed by atoms with Crippen LogP contribution in [0.3, 0.4) is 0 Å². The number of nitrogens with one attached hydrogen (secondary N) is 1. The quantitative estimate of drug-likeness (QED) is 0.456. The predicted octanol–water partition coefficient (Wildman–Crippen LogP) is 4.24. The molecule has 1 atom stereocenters. The van der Waals surface area contributed by atoms with E-state index in [-0.39, 0.29) is 49.5 Å². The van der Waals surface area contributed by atoms with Gasteiger partial charge in [0.15, 0.2) is 0 Å². The summed E-state index contributed by atoms with van der Waals surface area (Å²) in [6.07, 6.45) is 5.77. The molecule has 3 rings (SSSR count). The molecule has 36 heavy (non-hydrogen) atoms. The average molecular weight is 518 g/mol. The minimum Gasteiger partial charge on any atom is -0.352 e. The molecule has 2 aromatic rings. The Bertz CT molecular complexity index is 1120. The summed E-state index contributed by atoms with van der Waals surface area (Å²) in [4.78, 5) is 28.2. The van der Waals surface area contributed by atoms with Gasteiger partial charge in [-0.1, -0.05) is 62.2 Å². The molecule has 1 aliphatic rings. The number of hydrogen-bond acceptors (Lipinski definition) is 4. The van der Waals surface area contributed by atoms with E-state index in [0.29, 0.717) is 6.42 Å². The molecule has 196 valence electrons. The minimum absolute atomic E-state index is 0.0283. The Morgan fingerprint density at radius 3 is 2.31 bits per heavy atom. The highest BCUT2D eigenvalue weighted by Crippen LogP contribution is 2.23. The lowest BCUT2D eigenvalue weighted by molar-refractivity contribution is -0.141. The first-order valence-corrected chi connectivity index (χ1v) is 14.4. The van der Waals surface area contributed by atoms with E-state index in [4.69, 9.17) is 0 Å². The average Bonchev–Trinajstić information content (AvgIpc) is 3.35. The van der Waals surface area contributed by atoms with Gasteiger partial charge in [-0.15, -0.1) is 0 Å². The number of amides is 2. The number of rotatable bonds is 12. The summed E-state index contributed by atoms with van der Waals surface area (Å²) in [5.41, 5.74) is 0.859. The van der Waals surface area contributed by atoms with Crippen molar-refractivity contribution < 1.29 is 22.4 Å². The van der Waals surface area contributed by atoms with Gasteiger partial charge in [0.25, 0.3) is 0 Å². The largest absolute Gasteiger partial charge is 0.352 e. The standard InChI is InChI=1S/C27H36FN3O4S/c1-3-24(27(33)29-22-14-7-8-15-22)30(20-21-12-5-4-6-13-21)26(32)18-11-19-31(36(2,34)35)25-17-10-9-16-23(25)28/h4-6,9-10,12-13,16-17,22,24H,3,7-8,11,14-15,18-20H2,1-2H3,(H,29,33)/t24-/m0/s1. The number of anilines is 1. The number of halogens is 1. The first-order valence-electron chi connectivity index (χ1n) is 12.6. The van der Waals surface area contributed by atoms with E-state index in [1.807, 2.05) is 37.3 Å². The second-order valence-corrected chi connectivity index (χ2v) is 11.2. The van der Waals surface area contributed by atoms with Crippen molar-refractivity contribution in [1.29, 1.82) is 0 Å². The van der Waals surface area contributed by atoms with Crippen molar-refractivity contribution in [3.05, 3.63) is 66.0 Å². The molecule has 9 heteroatoms. The molecule has 1 N–H and O–H groups in total. The van der Waals surface area contributed by atoms with E-state index < -0.39 is 21.9 Å². The third-order valence-electron chi connectivity index (χ3n) is 6.56. The van der Waals surface area contributed by atoms with Crippen molar-refractivity contribution >= 4 is 27.5 Å². The molecule has 0 radical (unpaired) electrons. The molecule has 0 aliphatic heterocycles. The predicted molar refractivity (Wildman–Crippen MR) is 139 cm³/mol. The second-order valence-electron chi connectivity index (χ2n) is 9.31. The van der Waals surface area contributed by atoms with Crippen LogP contribution in [-0.2, 0) is 26.2 Å². The van der Waals surface area contributed by atoms with Crippen LogP contribution >= 0.6 is 0 Å². The molecule has 2 aromatic carbocycles. The zero-order chi connectivity index (χ0) is 26.1. The molecule has 2 amide bonds. The maximum absolute atomic E-state index is 14.3. The third-order valence-corrected chi connectivity index (χ3v) is 7.74. The van der Waals surface area contributed by atoms with Gasteiger partial charge < -0.3 is 10.2 Å². The van der Waals surface area contributed by atoms with Crippen molar-refractivity contribution in [1.82, 2.24) is 10.2 Å². The lowest BCUT2D eigenvalue weighted by Gasteiger charge is -2.32. The van der Waals surface area contributed by atoms with Crippen LogP contribution in [0.5, 0.6) is 0 Å². The Hall–Kier alpha value is -2.94. The number of carbonyl (C=O) groups excluding carboxylic acids is 2. The van der Waals surface area contributed by atoms with Crippen molar-refractivity contribution in [2.75, 3.05) is 17.1 Å².